The van der Waals surface area contributed by atoms with Gasteiger partial charge in [0.15, 0.2) is 11.5 Å². The standard InChI is InChI=1S/C34H53IN2O9/c1-6-44-13-7-11-37(31(40)20-45-28-14-22(4)8-9-25(28)21(2)3)27-17-24(34(42)36-10-12-38)18-29(32(27)41)46-33-26(35)15-23(19-39)16-30(33)43-5/h15-16,18,21-22,25,27-29,32,38-39,41H,6-14,17,19-20H2,1-5H3,(H,36,42). The molecule has 12 heteroatoms. The minimum Gasteiger partial charge on any atom is -0.493 e. The molecule has 1 aromatic carbocycles. The summed E-state index contributed by atoms with van der Waals surface area (Å²) in [6, 6.07) is 2.61. The number of halogens is 1. The molecule has 0 heterocycles. The quantitative estimate of drug-likeness (QED) is 0.139. The molecule has 1 saturated carbocycles. The minimum absolute atomic E-state index is 0.0264. The summed E-state index contributed by atoms with van der Waals surface area (Å²) in [7, 11) is 1.48. The molecule has 11 nitrogen and oxygen atoms in total. The molecule has 0 spiro atoms. The fraction of sp³-hybridized carbons (Fsp3) is 0.706. The van der Waals surface area contributed by atoms with E-state index in [4.69, 9.17) is 18.9 Å². The van der Waals surface area contributed by atoms with Gasteiger partial charge in [-0.25, -0.2) is 0 Å². The lowest BCUT2D eigenvalue weighted by Gasteiger charge is -2.41. The molecule has 260 valence electrons. The van der Waals surface area contributed by atoms with Crippen LogP contribution < -0.4 is 14.8 Å². The van der Waals surface area contributed by atoms with Gasteiger partial charge in [0, 0.05) is 38.3 Å². The van der Waals surface area contributed by atoms with Gasteiger partial charge in [0.1, 0.15) is 18.8 Å². The second kappa shape index (κ2) is 19.1. The van der Waals surface area contributed by atoms with E-state index in [1.54, 1.807) is 23.1 Å². The largest absolute Gasteiger partial charge is 0.493 e. The summed E-state index contributed by atoms with van der Waals surface area (Å²) in [5.74, 6) is 1.36. The van der Waals surface area contributed by atoms with Gasteiger partial charge in [0.05, 0.1) is 36.0 Å². The van der Waals surface area contributed by atoms with E-state index in [1.165, 1.54) is 7.11 Å². The van der Waals surface area contributed by atoms with Crippen LogP contribution in [0.25, 0.3) is 0 Å². The lowest BCUT2D eigenvalue weighted by atomic mass is 9.75. The normalized spacial score (nSPS) is 24.8. The molecule has 0 bridgehead atoms. The topological polar surface area (TPSA) is 147 Å². The van der Waals surface area contributed by atoms with Crippen molar-refractivity contribution in [2.75, 3.05) is 46.6 Å². The highest BCUT2D eigenvalue weighted by atomic mass is 127. The Kier molecular flexibility index (Phi) is 16.0. The van der Waals surface area contributed by atoms with E-state index < -0.39 is 24.2 Å². The number of methoxy groups -OCH3 is 1. The summed E-state index contributed by atoms with van der Waals surface area (Å²) in [6.07, 6.45) is 3.07. The lowest BCUT2D eigenvalue weighted by molar-refractivity contribution is -0.148. The molecule has 46 heavy (non-hydrogen) atoms. The van der Waals surface area contributed by atoms with Crippen LogP contribution in [0.2, 0.25) is 0 Å². The first-order valence-corrected chi connectivity index (χ1v) is 17.5. The number of aliphatic hydroxyl groups excluding tert-OH is 3. The fourth-order valence-electron chi connectivity index (χ4n) is 6.42. The smallest absolute Gasteiger partial charge is 0.248 e. The Morgan fingerprint density at radius 1 is 1.20 bits per heavy atom. The number of ether oxygens (including phenoxy) is 4. The van der Waals surface area contributed by atoms with E-state index in [0.29, 0.717) is 70.1 Å². The molecular formula is C34H53IN2O9. The fourth-order valence-corrected chi connectivity index (χ4v) is 7.21. The maximum atomic E-state index is 14.0. The summed E-state index contributed by atoms with van der Waals surface area (Å²) in [4.78, 5) is 28.8. The molecule has 3 rings (SSSR count). The monoisotopic (exact) mass is 760 g/mol. The van der Waals surface area contributed by atoms with Gasteiger partial charge in [0.25, 0.3) is 0 Å². The Bertz CT molecular complexity index is 1160. The van der Waals surface area contributed by atoms with Crippen LogP contribution >= 0.6 is 22.6 Å². The highest BCUT2D eigenvalue weighted by Gasteiger charge is 2.41. The van der Waals surface area contributed by atoms with Crippen molar-refractivity contribution in [3.05, 3.63) is 32.9 Å². The third-order valence-electron chi connectivity index (χ3n) is 8.93. The number of hydrogen-bond acceptors (Lipinski definition) is 9. The van der Waals surface area contributed by atoms with Crippen LogP contribution in [0, 0.1) is 21.3 Å². The van der Waals surface area contributed by atoms with E-state index in [-0.39, 0.29) is 44.8 Å². The van der Waals surface area contributed by atoms with Crippen LogP contribution in [0.3, 0.4) is 0 Å². The zero-order valence-corrected chi connectivity index (χ0v) is 30.0. The molecule has 2 aliphatic carbocycles. The second-order valence-corrected chi connectivity index (χ2v) is 13.8. The van der Waals surface area contributed by atoms with Gasteiger partial charge in [-0.1, -0.05) is 27.2 Å². The van der Waals surface area contributed by atoms with Crippen molar-refractivity contribution in [3.63, 3.8) is 0 Å². The molecule has 4 N–H and O–H groups in total. The molecule has 6 atom stereocenters. The lowest BCUT2D eigenvalue weighted by Crippen LogP contribution is -2.56. The average molecular weight is 761 g/mol. The van der Waals surface area contributed by atoms with E-state index >= 15 is 0 Å². The van der Waals surface area contributed by atoms with Crippen LogP contribution in [-0.4, -0.2) is 103 Å². The molecule has 6 unspecified atom stereocenters. The van der Waals surface area contributed by atoms with Crippen LogP contribution in [0.4, 0.5) is 0 Å². The predicted octanol–water partition coefficient (Wildman–Crippen LogP) is 3.44. The highest BCUT2D eigenvalue weighted by Crippen LogP contribution is 2.38. The van der Waals surface area contributed by atoms with Gasteiger partial charge >= 0.3 is 0 Å². The van der Waals surface area contributed by atoms with Crippen molar-refractivity contribution < 1.29 is 43.9 Å². The first kappa shape index (κ1) is 38.5. The van der Waals surface area contributed by atoms with Crippen molar-refractivity contribution >= 4 is 34.4 Å². The van der Waals surface area contributed by atoms with Gasteiger partial charge in [0.2, 0.25) is 11.8 Å². The molecule has 0 aromatic heterocycles. The molecule has 0 saturated heterocycles. The van der Waals surface area contributed by atoms with Crippen molar-refractivity contribution in [2.24, 2.45) is 17.8 Å². The molecule has 1 fully saturated rings. The first-order valence-electron chi connectivity index (χ1n) is 16.4. The highest BCUT2D eigenvalue weighted by molar-refractivity contribution is 14.1. The number of carbonyl (C=O) groups excluding carboxylic acids is 2. The summed E-state index contributed by atoms with van der Waals surface area (Å²) in [6.45, 7) is 9.31. The van der Waals surface area contributed by atoms with Crippen LogP contribution in [0.5, 0.6) is 11.5 Å². The maximum Gasteiger partial charge on any atom is 0.248 e. The van der Waals surface area contributed by atoms with Gasteiger partial charge in [-0.3, -0.25) is 9.59 Å². The summed E-state index contributed by atoms with van der Waals surface area (Å²) >= 11 is 2.07. The van der Waals surface area contributed by atoms with Crippen molar-refractivity contribution in [2.45, 2.75) is 90.8 Å². The molecule has 2 amide bonds. The summed E-state index contributed by atoms with van der Waals surface area (Å²) < 4.78 is 24.4. The molecule has 1 aromatic rings. The van der Waals surface area contributed by atoms with Gasteiger partial charge in [-0.15, -0.1) is 0 Å². The number of carbonyl (C=O) groups is 2. The van der Waals surface area contributed by atoms with Crippen molar-refractivity contribution in [1.29, 1.82) is 0 Å². The number of nitrogens with one attached hydrogen (secondary N) is 1. The number of aliphatic hydroxyl groups is 3. The van der Waals surface area contributed by atoms with E-state index in [0.717, 1.165) is 19.3 Å². The Morgan fingerprint density at radius 3 is 2.61 bits per heavy atom. The van der Waals surface area contributed by atoms with Crippen molar-refractivity contribution in [3.8, 4) is 11.5 Å². The Hall–Kier alpha value is -1.97. The third-order valence-corrected chi connectivity index (χ3v) is 9.74. The van der Waals surface area contributed by atoms with Crippen LogP contribution in [0.15, 0.2) is 23.8 Å². The third kappa shape index (κ3) is 10.5. The minimum atomic E-state index is -1.19. The summed E-state index contributed by atoms with van der Waals surface area (Å²) in [5.41, 5.74) is 0.965. The van der Waals surface area contributed by atoms with Gasteiger partial charge < -0.3 is 44.5 Å². The van der Waals surface area contributed by atoms with E-state index in [2.05, 4.69) is 48.7 Å². The average Bonchev–Trinajstić information content (AvgIpc) is 3.04. The molecule has 0 radical (unpaired) electrons. The summed E-state index contributed by atoms with van der Waals surface area (Å²) in [5, 5.41) is 33.5. The number of benzene rings is 1. The Morgan fingerprint density at radius 2 is 1.96 bits per heavy atom. The Labute approximate surface area is 287 Å². The van der Waals surface area contributed by atoms with Crippen molar-refractivity contribution in [1.82, 2.24) is 10.2 Å². The van der Waals surface area contributed by atoms with Crippen LogP contribution in [0.1, 0.15) is 65.4 Å². The van der Waals surface area contributed by atoms with Gasteiger partial charge in [-0.2, -0.15) is 0 Å². The second-order valence-electron chi connectivity index (χ2n) is 12.6. The molecule has 2 aliphatic rings. The predicted molar refractivity (Wildman–Crippen MR) is 183 cm³/mol. The molecular weight excluding hydrogens is 707 g/mol. The number of hydrogen-bond donors (Lipinski definition) is 4. The maximum absolute atomic E-state index is 14.0. The van der Waals surface area contributed by atoms with E-state index in [9.17, 15) is 24.9 Å². The number of nitrogens with zero attached hydrogens (tertiary/aromatic N) is 1. The number of amides is 2. The van der Waals surface area contributed by atoms with Gasteiger partial charge in [-0.05, 0) is 90.3 Å². The number of rotatable bonds is 17. The SMILES string of the molecule is CCOCCCN(C(=O)COC1CC(C)CCC1C(C)C)C1CC(C(=O)NCCO)=CC(Oc2c(I)cc(CO)cc2OC)C1O. The Balaban J connectivity index is 1.93. The van der Waals surface area contributed by atoms with Crippen LogP contribution in [-0.2, 0) is 25.7 Å². The first-order chi connectivity index (χ1) is 22.0. The van der Waals surface area contributed by atoms with E-state index in [1.807, 2.05) is 6.92 Å². The zero-order valence-electron chi connectivity index (χ0n) is 27.9. The zero-order chi connectivity index (χ0) is 33.8. The molecule has 0 aliphatic heterocycles.